The highest BCUT2D eigenvalue weighted by Crippen LogP contribution is 2.31. The number of nitro groups is 1. The molecule has 0 amide bonds. The van der Waals surface area contributed by atoms with Crippen molar-refractivity contribution < 1.29 is 14.4 Å². The minimum absolute atomic E-state index is 0.0511. The highest BCUT2D eigenvalue weighted by Gasteiger charge is 2.16. The van der Waals surface area contributed by atoms with Crippen LogP contribution in [0.25, 0.3) is 0 Å². The molecule has 1 aromatic carbocycles. The topological polar surface area (TPSA) is 61.6 Å². The zero-order valence-electron chi connectivity index (χ0n) is 10.8. The molecular formula is C13H19NO4. The lowest BCUT2D eigenvalue weighted by atomic mass is 10.2. The van der Waals surface area contributed by atoms with Crippen molar-refractivity contribution in [3.8, 4) is 11.5 Å². The molecule has 1 rings (SSSR count). The van der Waals surface area contributed by atoms with E-state index in [0.29, 0.717) is 18.1 Å². The van der Waals surface area contributed by atoms with Gasteiger partial charge in [-0.15, -0.1) is 0 Å². The molecule has 0 aliphatic heterocycles. The lowest BCUT2D eigenvalue weighted by Gasteiger charge is -2.07. The summed E-state index contributed by atoms with van der Waals surface area (Å²) >= 11 is 0. The van der Waals surface area contributed by atoms with E-state index in [1.54, 1.807) is 12.1 Å². The largest absolute Gasteiger partial charge is 0.496 e. The lowest BCUT2D eigenvalue weighted by molar-refractivity contribution is -0.385. The smallest absolute Gasteiger partial charge is 0.314 e. The number of nitrogens with zero attached hydrogens (tertiary/aromatic N) is 1. The van der Waals surface area contributed by atoms with Crippen molar-refractivity contribution in [2.24, 2.45) is 0 Å². The second-order valence-corrected chi connectivity index (χ2v) is 4.00. The average Bonchev–Trinajstić information content (AvgIpc) is 2.38. The van der Waals surface area contributed by atoms with E-state index in [4.69, 9.17) is 9.47 Å². The molecule has 100 valence electrons. The van der Waals surface area contributed by atoms with Gasteiger partial charge in [0.2, 0.25) is 0 Å². The number of hydrogen-bond acceptors (Lipinski definition) is 4. The van der Waals surface area contributed by atoms with Crippen LogP contribution in [0.4, 0.5) is 5.69 Å². The molecular weight excluding hydrogens is 234 g/mol. The van der Waals surface area contributed by atoms with E-state index in [1.165, 1.54) is 13.2 Å². The van der Waals surface area contributed by atoms with E-state index in [1.807, 2.05) is 0 Å². The molecule has 0 atom stereocenters. The lowest BCUT2D eigenvalue weighted by Crippen LogP contribution is -2.01. The van der Waals surface area contributed by atoms with Crippen LogP contribution in [0.3, 0.4) is 0 Å². The molecule has 18 heavy (non-hydrogen) atoms. The van der Waals surface area contributed by atoms with Crippen LogP contribution in [0.1, 0.15) is 32.6 Å². The number of hydrogen-bond donors (Lipinski definition) is 0. The quantitative estimate of drug-likeness (QED) is 0.403. The second-order valence-electron chi connectivity index (χ2n) is 4.00. The number of ether oxygens (including phenoxy) is 2. The first-order valence-corrected chi connectivity index (χ1v) is 6.14. The van der Waals surface area contributed by atoms with Crippen LogP contribution >= 0.6 is 0 Å². The average molecular weight is 253 g/mol. The Morgan fingerprint density at radius 3 is 2.67 bits per heavy atom. The molecule has 0 aliphatic carbocycles. The first kappa shape index (κ1) is 14.3. The first-order valence-electron chi connectivity index (χ1n) is 6.14. The van der Waals surface area contributed by atoms with Crippen LogP contribution in [0.15, 0.2) is 18.2 Å². The number of unbranched alkanes of at least 4 members (excludes halogenated alkanes) is 3. The maximum atomic E-state index is 10.9. The molecule has 0 fully saturated rings. The molecule has 0 aromatic heterocycles. The molecule has 0 saturated heterocycles. The fraction of sp³-hybridized carbons (Fsp3) is 0.538. The highest BCUT2D eigenvalue weighted by molar-refractivity contribution is 5.50. The summed E-state index contributed by atoms with van der Waals surface area (Å²) in [6.45, 7) is 2.64. The summed E-state index contributed by atoms with van der Waals surface area (Å²) in [5.74, 6) is 0.761. The molecule has 0 spiro atoms. The van der Waals surface area contributed by atoms with Crippen LogP contribution in [0, 0.1) is 10.1 Å². The van der Waals surface area contributed by atoms with Crippen molar-refractivity contribution in [1.82, 2.24) is 0 Å². The van der Waals surface area contributed by atoms with Gasteiger partial charge in [-0.1, -0.05) is 26.2 Å². The van der Waals surface area contributed by atoms with Crippen molar-refractivity contribution in [2.75, 3.05) is 13.7 Å². The van der Waals surface area contributed by atoms with Gasteiger partial charge in [-0.2, -0.15) is 0 Å². The van der Waals surface area contributed by atoms with Gasteiger partial charge in [-0.25, -0.2) is 0 Å². The van der Waals surface area contributed by atoms with Crippen molar-refractivity contribution in [3.63, 3.8) is 0 Å². The summed E-state index contributed by atoms with van der Waals surface area (Å²) in [7, 11) is 1.48. The molecule has 0 saturated carbocycles. The maximum absolute atomic E-state index is 10.9. The fourth-order valence-electron chi connectivity index (χ4n) is 1.60. The zero-order valence-corrected chi connectivity index (χ0v) is 10.8. The third kappa shape index (κ3) is 4.24. The van der Waals surface area contributed by atoms with Gasteiger partial charge in [0.05, 0.1) is 24.7 Å². The SMILES string of the molecule is CCCCCCOc1ccc(OC)cc1[N+](=O)[O-]. The van der Waals surface area contributed by atoms with Gasteiger partial charge in [-0.3, -0.25) is 10.1 Å². The molecule has 0 N–H and O–H groups in total. The molecule has 5 nitrogen and oxygen atoms in total. The molecule has 5 heteroatoms. The summed E-state index contributed by atoms with van der Waals surface area (Å²) in [5, 5.41) is 10.9. The highest BCUT2D eigenvalue weighted by atomic mass is 16.6. The minimum atomic E-state index is -0.454. The molecule has 0 heterocycles. The first-order chi connectivity index (χ1) is 8.69. The Bertz CT molecular complexity index is 393. The number of benzene rings is 1. The summed E-state index contributed by atoms with van der Waals surface area (Å²) < 4.78 is 10.4. The van der Waals surface area contributed by atoms with Crippen molar-refractivity contribution in [2.45, 2.75) is 32.6 Å². The van der Waals surface area contributed by atoms with Gasteiger partial charge < -0.3 is 9.47 Å². The standard InChI is InChI=1S/C13H19NO4/c1-3-4-5-6-9-18-13-8-7-11(17-2)10-12(13)14(15)16/h7-8,10H,3-6,9H2,1-2H3. The van der Waals surface area contributed by atoms with Crippen molar-refractivity contribution >= 4 is 5.69 Å². The second kappa shape index (κ2) is 7.53. The van der Waals surface area contributed by atoms with Crippen LogP contribution in [0.2, 0.25) is 0 Å². The van der Waals surface area contributed by atoms with E-state index in [0.717, 1.165) is 25.7 Å². The van der Waals surface area contributed by atoms with Crippen LogP contribution in [-0.2, 0) is 0 Å². The monoisotopic (exact) mass is 253 g/mol. The van der Waals surface area contributed by atoms with E-state index in [9.17, 15) is 10.1 Å². The van der Waals surface area contributed by atoms with Gasteiger partial charge in [0.1, 0.15) is 5.75 Å². The van der Waals surface area contributed by atoms with Gasteiger partial charge in [-0.05, 0) is 18.6 Å². The van der Waals surface area contributed by atoms with Crippen LogP contribution in [-0.4, -0.2) is 18.6 Å². The molecule has 0 aliphatic rings. The Morgan fingerprint density at radius 2 is 2.06 bits per heavy atom. The normalized spacial score (nSPS) is 10.1. The maximum Gasteiger partial charge on any atom is 0.314 e. The third-order valence-corrected chi connectivity index (χ3v) is 2.62. The predicted molar refractivity (Wildman–Crippen MR) is 69.3 cm³/mol. The van der Waals surface area contributed by atoms with Crippen molar-refractivity contribution in [1.29, 1.82) is 0 Å². The van der Waals surface area contributed by atoms with Gasteiger partial charge >= 0.3 is 5.69 Å². The predicted octanol–water partition coefficient (Wildman–Crippen LogP) is 3.56. The summed E-state index contributed by atoms with van der Waals surface area (Å²) in [6.07, 6.45) is 4.31. The van der Waals surface area contributed by atoms with Gasteiger partial charge in [0.25, 0.3) is 0 Å². The van der Waals surface area contributed by atoms with Crippen molar-refractivity contribution in [3.05, 3.63) is 28.3 Å². The number of nitro benzene ring substituents is 1. The Labute approximate surface area is 107 Å². The molecule has 0 unspecified atom stereocenters. The molecule has 0 radical (unpaired) electrons. The Kier molecular flexibility index (Phi) is 5.97. The Hall–Kier alpha value is -1.78. The van der Waals surface area contributed by atoms with Gasteiger partial charge in [0, 0.05) is 0 Å². The minimum Gasteiger partial charge on any atom is -0.496 e. The van der Waals surface area contributed by atoms with E-state index < -0.39 is 4.92 Å². The molecule has 1 aromatic rings. The molecule has 0 bridgehead atoms. The van der Waals surface area contributed by atoms with Crippen LogP contribution < -0.4 is 9.47 Å². The Balaban J connectivity index is 2.61. The summed E-state index contributed by atoms with van der Waals surface area (Å²) in [5.41, 5.74) is -0.0511. The zero-order chi connectivity index (χ0) is 13.4. The van der Waals surface area contributed by atoms with Crippen LogP contribution in [0.5, 0.6) is 11.5 Å². The third-order valence-electron chi connectivity index (χ3n) is 2.62. The summed E-state index contributed by atoms with van der Waals surface area (Å²) in [4.78, 5) is 10.4. The number of rotatable bonds is 8. The van der Waals surface area contributed by atoms with E-state index in [2.05, 4.69) is 6.92 Å². The van der Waals surface area contributed by atoms with E-state index >= 15 is 0 Å². The fourth-order valence-corrected chi connectivity index (χ4v) is 1.60. The number of methoxy groups -OCH3 is 1. The van der Waals surface area contributed by atoms with Gasteiger partial charge in [0.15, 0.2) is 5.75 Å². The van der Waals surface area contributed by atoms with E-state index in [-0.39, 0.29) is 5.69 Å². The summed E-state index contributed by atoms with van der Waals surface area (Å²) in [6, 6.07) is 4.62. The Morgan fingerprint density at radius 1 is 1.28 bits per heavy atom.